The van der Waals surface area contributed by atoms with E-state index in [4.69, 9.17) is 4.98 Å². The minimum Gasteiger partial charge on any atom is -0.345 e. The highest BCUT2D eigenvalue weighted by molar-refractivity contribution is 7.98. The summed E-state index contributed by atoms with van der Waals surface area (Å²) in [7, 11) is 0. The molecule has 2 heterocycles. The van der Waals surface area contributed by atoms with Crippen molar-refractivity contribution in [1.29, 1.82) is 0 Å². The quantitative estimate of drug-likeness (QED) is 0.470. The van der Waals surface area contributed by atoms with Crippen molar-refractivity contribution in [2.24, 2.45) is 0 Å². The summed E-state index contributed by atoms with van der Waals surface area (Å²) in [6.07, 6.45) is 1.61. The Hall–Kier alpha value is -2.05. The molecule has 0 unspecified atom stereocenters. The van der Waals surface area contributed by atoms with Crippen LogP contribution < -0.4 is 4.90 Å². The Balaban J connectivity index is 1.21. The lowest BCUT2D eigenvalue weighted by molar-refractivity contribution is -0.131. The Morgan fingerprint density at radius 2 is 1.87 bits per heavy atom. The highest BCUT2D eigenvalue weighted by Gasteiger charge is 2.23. The molecule has 158 valence electrons. The Labute approximate surface area is 187 Å². The summed E-state index contributed by atoms with van der Waals surface area (Å²) >= 11 is 3.68. The molecule has 0 atom stereocenters. The van der Waals surface area contributed by atoms with Gasteiger partial charge in [0, 0.05) is 38.4 Å². The maximum absolute atomic E-state index is 12.6. The molecule has 0 aliphatic carbocycles. The lowest BCUT2D eigenvalue weighted by Gasteiger charge is -2.34. The van der Waals surface area contributed by atoms with Crippen LogP contribution in [0.3, 0.4) is 0 Å². The molecule has 0 radical (unpaired) electrons. The maximum Gasteiger partial charge on any atom is 0.222 e. The van der Waals surface area contributed by atoms with Gasteiger partial charge in [-0.3, -0.25) is 4.79 Å². The van der Waals surface area contributed by atoms with E-state index in [9.17, 15) is 4.79 Å². The molecule has 1 amide bonds. The standard InChI is InChI=1S/C24H29N3OS2/c1-18-15-19(2)23-21(16-18)30-24(25-23)27-12-10-26(11-13-27)22(28)9-6-14-29-17-20-7-4-3-5-8-20/h3-5,7-8,15-16H,6,9-14,17H2,1-2H3. The zero-order valence-electron chi connectivity index (χ0n) is 17.8. The van der Waals surface area contributed by atoms with E-state index >= 15 is 0 Å². The van der Waals surface area contributed by atoms with Gasteiger partial charge in [-0.1, -0.05) is 47.7 Å². The first-order valence-electron chi connectivity index (χ1n) is 10.6. The molecule has 0 saturated carbocycles. The minimum absolute atomic E-state index is 0.297. The van der Waals surface area contributed by atoms with Crippen LogP contribution in [0.2, 0.25) is 0 Å². The molecule has 4 nitrogen and oxygen atoms in total. The summed E-state index contributed by atoms with van der Waals surface area (Å²) < 4.78 is 1.26. The monoisotopic (exact) mass is 439 g/mol. The molecule has 2 aromatic carbocycles. The summed E-state index contributed by atoms with van der Waals surface area (Å²) in [6, 6.07) is 14.9. The van der Waals surface area contributed by atoms with Gasteiger partial charge in [0.2, 0.25) is 5.91 Å². The van der Waals surface area contributed by atoms with E-state index in [0.717, 1.165) is 54.8 Å². The number of carbonyl (C=O) groups excluding carboxylic acids is 1. The fourth-order valence-electron chi connectivity index (χ4n) is 3.89. The summed E-state index contributed by atoms with van der Waals surface area (Å²) in [4.78, 5) is 21.8. The topological polar surface area (TPSA) is 36.4 Å². The second-order valence-electron chi connectivity index (χ2n) is 7.93. The van der Waals surface area contributed by atoms with Crippen LogP contribution in [0.4, 0.5) is 5.13 Å². The Morgan fingerprint density at radius 3 is 2.63 bits per heavy atom. The second kappa shape index (κ2) is 9.84. The van der Waals surface area contributed by atoms with Crippen molar-refractivity contribution >= 4 is 44.4 Å². The molecular formula is C24H29N3OS2. The van der Waals surface area contributed by atoms with Gasteiger partial charge in [-0.15, -0.1) is 0 Å². The number of anilines is 1. The highest BCUT2D eigenvalue weighted by atomic mass is 32.2. The van der Waals surface area contributed by atoms with Gasteiger partial charge < -0.3 is 9.80 Å². The zero-order valence-corrected chi connectivity index (χ0v) is 19.4. The predicted octanol–water partition coefficient (Wildman–Crippen LogP) is 5.28. The lowest BCUT2D eigenvalue weighted by Crippen LogP contribution is -2.48. The molecular weight excluding hydrogens is 410 g/mol. The molecule has 1 aliphatic rings. The molecule has 6 heteroatoms. The number of thiazole rings is 1. The largest absolute Gasteiger partial charge is 0.345 e. The molecule has 0 N–H and O–H groups in total. The third-order valence-electron chi connectivity index (χ3n) is 5.51. The van der Waals surface area contributed by atoms with Crippen LogP contribution in [0.1, 0.15) is 29.5 Å². The van der Waals surface area contributed by atoms with Crippen molar-refractivity contribution in [3.63, 3.8) is 0 Å². The third kappa shape index (κ3) is 5.16. The fourth-order valence-corrected chi connectivity index (χ4v) is 6.00. The van der Waals surface area contributed by atoms with E-state index in [1.54, 1.807) is 11.3 Å². The predicted molar refractivity (Wildman–Crippen MR) is 130 cm³/mol. The molecule has 1 aromatic heterocycles. The van der Waals surface area contributed by atoms with Crippen LogP contribution in [0.5, 0.6) is 0 Å². The van der Waals surface area contributed by atoms with E-state index in [1.807, 2.05) is 22.7 Å². The average molecular weight is 440 g/mol. The number of carbonyl (C=O) groups is 1. The van der Waals surface area contributed by atoms with E-state index in [1.165, 1.54) is 21.4 Å². The molecule has 1 aliphatic heterocycles. The van der Waals surface area contributed by atoms with Gasteiger partial charge in [0.25, 0.3) is 0 Å². The van der Waals surface area contributed by atoms with Gasteiger partial charge in [0.15, 0.2) is 5.13 Å². The number of thioether (sulfide) groups is 1. The van der Waals surface area contributed by atoms with Gasteiger partial charge in [0.05, 0.1) is 10.2 Å². The van der Waals surface area contributed by atoms with Crippen molar-refractivity contribution in [2.45, 2.75) is 32.4 Å². The number of aromatic nitrogens is 1. The number of benzene rings is 2. The molecule has 3 aromatic rings. The van der Waals surface area contributed by atoms with E-state index in [0.29, 0.717) is 12.3 Å². The van der Waals surface area contributed by atoms with E-state index in [-0.39, 0.29) is 0 Å². The van der Waals surface area contributed by atoms with Gasteiger partial charge in [-0.25, -0.2) is 4.98 Å². The Morgan fingerprint density at radius 1 is 1.10 bits per heavy atom. The first-order chi connectivity index (χ1) is 14.6. The summed E-state index contributed by atoms with van der Waals surface area (Å²) in [5.74, 6) is 2.35. The molecule has 1 saturated heterocycles. The third-order valence-corrected chi connectivity index (χ3v) is 7.69. The molecule has 0 bridgehead atoms. The van der Waals surface area contributed by atoms with E-state index < -0.39 is 0 Å². The molecule has 0 spiro atoms. The number of nitrogens with zero attached hydrogens (tertiary/aromatic N) is 3. The number of rotatable bonds is 7. The van der Waals surface area contributed by atoms with Gasteiger partial charge in [-0.2, -0.15) is 11.8 Å². The summed E-state index contributed by atoms with van der Waals surface area (Å²) in [6.45, 7) is 7.59. The number of hydrogen-bond acceptors (Lipinski definition) is 5. The molecule has 4 rings (SSSR count). The van der Waals surface area contributed by atoms with Crippen LogP contribution in [-0.2, 0) is 10.5 Å². The van der Waals surface area contributed by atoms with Gasteiger partial charge >= 0.3 is 0 Å². The Kier molecular flexibility index (Phi) is 6.95. The van der Waals surface area contributed by atoms with Crippen LogP contribution in [0, 0.1) is 13.8 Å². The van der Waals surface area contributed by atoms with Crippen molar-refractivity contribution in [3.8, 4) is 0 Å². The van der Waals surface area contributed by atoms with Gasteiger partial charge in [0.1, 0.15) is 0 Å². The molecule has 1 fully saturated rings. The van der Waals surface area contributed by atoms with Crippen LogP contribution in [0.25, 0.3) is 10.2 Å². The second-order valence-corrected chi connectivity index (χ2v) is 10.0. The van der Waals surface area contributed by atoms with Crippen LogP contribution in [-0.4, -0.2) is 47.7 Å². The summed E-state index contributed by atoms with van der Waals surface area (Å²) in [5.41, 5.74) is 5.00. The highest BCUT2D eigenvalue weighted by Crippen LogP contribution is 2.32. The first kappa shape index (κ1) is 21.2. The summed E-state index contributed by atoms with van der Waals surface area (Å²) in [5, 5.41) is 1.09. The van der Waals surface area contributed by atoms with Crippen molar-refractivity contribution < 1.29 is 4.79 Å². The Bertz CT molecular complexity index is 994. The number of hydrogen-bond donors (Lipinski definition) is 0. The maximum atomic E-state index is 12.6. The SMILES string of the molecule is Cc1cc(C)c2nc(N3CCN(C(=O)CCCSCc4ccccc4)CC3)sc2c1. The fraction of sp³-hybridized carbons (Fsp3) is 0.417. The number of amides is 1. The average Bonchev–Trinajstić information content (AvgIpc) is 3.19. The number of aryl methyl sites for hydroxylation is 2. The van der Waals surface area contributed by atoms with Crippen LogP contribution >= 0.6 is 23.1 Å². The van der Waals surface area contributed by atoms with Crippen molar-refractivity contribution in [2.75, 3.05) is 36.8 Å². The normalized spacial score (nSPS) is 14.5. The zero-order chi connectivity index (χ0) is 20.9. The van der Waals surface area contributed by atoms with Crippen molar-refractivity contribution in [3.05, 3.63) is 59.2 Å². The lowest BCUT2D eigenvalue weighted by atomic mass is 10.1. The van der Waals surface area contributed by atoms with Crippen molar-refractivity contribution in [1.82, 2.24) is 9.88 Å². The molecule has 30 heavy (non-hydrogen) atoms. The first-order valence-corrected chi connectivity index (χ1v) is 12.6. The number of fused-ring (bicyclic) bond motifs is 1. The van der Waals surface area contributed by atoms with Crippen LogP contribution in [0.15, 0.2) is 42.5 Å². The van der Waals surface area contributed by atoms with E-state index in [2.05, 4.69) is 55.1 Å². The van der Waals surface area contributed by atoms with Gasteiger partial charge in [-0.05, 0) is 48.8 Å². The smallest absolute Gasteiger partial charge is 0.222 e. The minimum atomic E-state index is 0.297. The number of piperazine rings is 1.